The molecule has 5 rings (SSSR count). The Bertz CT molecular complexity index is 1290. The minimum absolute atomic E-state index is 0.0610. The number of ether oxygens (including phenoxy) is 1. The van der Waals surface area contributed by atoms with Gasteiger partial charge in [0.1, 0.15) is 24.0 Å². The summed E-state index contributed by atoms with van der Waals surface area (Å²) in [6.07, 6.45) is -0.795. The molecule has 0 aliphatic carbocycles. The number of alkyl halides is 1. The van der Waals surface area contributed by atoms with Crippen LogP contribution in [0.15, 0.2) is 54.6 Å². The van der Waals surface area contributed by atoms with Gasteiger partial charge in [0.2, 0.25) is 17.7 Å². The van der Waals surface area contributed by atoms with Crippen LogP contribution in [0.2, 0.25) is 0 Å². The smallest absolute Gasteiger partial charge is 0.258 e. The lowest BCUT2D eigenvalue weighted by Gasteiger charge is -2.32. The molecule has 3 saturated heterocycles. The predicted molar refractivity (Wildman–Crippen MR) is 153 cm³/mol. The summed E-state index contributed by atoms with van der Waals surface area (Å²) in [6.45, 7) is 4.55. The molecule has 0 spiro atoms. The second-order valence-corrected chi connectivity index (χ2v) is 11.5. The summed E-state index contributed by atoms with van der Waals surface area (Å²) in [6, 6.07) is 13.9. The van der Waals surface area contributed by atoms with E-state index in [4.69, 9.17) is 4.74 Å². The second-order valence-electron chi connectivity index (χ2n) is 11.5. The normalized spacial score (nSPS) is 26.3. The molecule has 0 unspecified atom stereocenters. The predicted octanol–water partition coefficient (Wildman–Crippen LogP) is 1.33. The number of carbonyl (C=O) groups is 4. The number of halogens is 1. The molecule has 3 fully saturated rings. The third-order valence-electron chi connectivity index (χ3n) is 8.17. The highest BCUT2D eigenvalue weighted by Gasteiger charge is 2.46. The number of fused-ring (bicyclic) bond motifs is 3. The van der Waals surface area contributed by atoms with Crippen LogP contribution < -0.4 is 20.7 Å². The van der Waals surface area contributed by atoms with Gasteiger partial charge in [-0.15, -0.1) is 0 Å². The van der Waals surface area contributed by atoms with Gasteiger partial charge in [0.25, 0.3) is 5.91 Å². The maximum Gasteiger partial charge on any atom is 0.258 e. The summed E-state index contributed by atoms with van der Waals surface area (Å²) < 4.78 is 20.1. The van der Waals surface area contributed by atoms with Crippen molar-refractivity contribution in [2.45, 2.75) is 76.0 Å². The van der Waals surface area contributed by atoms with Crippen LogP contribution >= 0.6 is 0 Å². The molecule has 3 heterocycles. The number of hydrogen-bond acceptors (Lipinski definition) is 6. The van der Waals surface area contributed by atoms with E-state index in [1.54, 1.807) is 24.3 Å². The van der Waals surface area contributed by atoms with Gasteiger partial charge in [-0.05, 0) is 43.5 Å². The van der Waals surface area contributed by atoms with Gasteiger partial charge in [-0.3, -0.25) is 24.1 Å². The van der Waals surface area contributed by atoms with E-state index in [1.165, 1.54) is 4.90 Å². The van der Waals surface area contributed by atoms with Crippen molar-refractivity contribution in [3.8, 4) is 5.75 Å². The van der Waals surface area contributed by atoms with Gasteiger partial charge < -0.3 is 25.6 Å². The first kappa shape index (κ1) is 29.5. The maximum absolute atomic E-state index is 14.5. The van der Waals surface area contributed by atoms with E-state index in [1.807, 2.05) is 49.1 Å². The van der Waals surface area contributed by atoms with Gasteiger partial charge in [0.05, 0.1) is 12.6 Å². The van der Waals surface area contributed by atoms with Gasteiger partial charge in [-0.2, -0.15) is 0 Å². The molecule has 3 aliphatic rings. The molecule has 11 heteroatoms. The lowest BCUT2D eigenvalue weighted by molar-refractivity contribution is -0.142. The van der Waals surface area contributed by atoms with Crippen LogP contribution in [0.4, 0.5) is 4.39 Å². The Balaban J connectivity index is 1.26. The number of likely N-dealkylation sites (tertiary alicyclic amines) is 1. The van der Waals surface area contributed by atoms with Crippen molar-refractivity contribution in [3.63, 3.8) is 0 Å². The van der Waals surface area contributed by atoms with Crippen molar-refractivity contribution in [2.75, 3.05) is 19.7 Å². The first-order valence-electron chi connectivity index (χ1n) is 14.5. The van der Waals surface area contributed by atoms with E-state index in [9.17, 15) is 23.6 Å². The van der Waals surface area contributed by atoms with E-state index >= 15 is 0 Å². The fourth-order valence-corrected chi connectivity index (χ4v) is 5.99. The number of carbonyl (C=O) groups excluding carboxylic acids is 4. The van der Waals surface area contributed by atoms with Crippen LogP contribution in [0.1, 0.15) is 37.8 Å². The van der Waals surface area contributed by atoms with Crippen LogP contribution in [0.3, 0.4) is 0 Å². The van der Waals surface area contributed by atoms with Gasteiger partial charge in [0.15, 0.2) is 6.61 Å². The number of amides is 4. The lowest BCUT2D eigenvalue weighted by Crippen LogP contribution is -2.57. The van der Waals surface area contributed by atoms with E-state index in [0.717, 1.165) is 11.1 Å². The Kier molecular flexibility index (Phi) is 9.06. The Morgan fingerprint density at radius 3 is 2.38 bits per heavy atom. The molecule has 0 radical (unpaired) electrons. The lowest BCUT2D eigenvalue weighted by atomic mass is 10.0. The van der Waals surface area contributed by atoms with E-state index in [-0.39, 0.29) is 55.8 Å². The second kappa shape index (κ2) is 12.9. The number of nitrogens with one attached hydrogen (secondary N) is 3. The number of benzene rings is 2. The fourth-order valence-electron chi connectivity index (χ4n) is 5.99. The standard InChI is InChI=1S/C31H38FN5O5/c1-19(2)36-17-23-14-27(36)30(40)35-25(31(41)37-16-22(32)13-26(37)29(39)34-23)12-20-8-10-24(11-9-20)42-18-28(38)33-15-21-6-4-3-5-7-21/h3-11,19,22-23,25-27H,12-18H2,1-2H3,(H,33,38)(H,34,39)(H,35,40)/t22-,23+,25-,26-,27-/m0/s1. The zero-order valence-corrected chi connectivity index (χ0v) is 23.9. The van der Waals surface area contributed by atoms with Gasteiger partial charge in [-0.25, -0.2) is 4.39 Å². The monoisotopic (exact) mass is 579 g/mol. The van der Waals surface area contributed by atoms with Crippen LogP contribution in [0, 0.1) is 0 Å². The molecule has 10 nitrogen and oxygen atoms in total. The number of hydrogen-bond donors (Lipinski definition) is 3. The van der Waals surface area contributed by atoms with Crippen molar-refractivity contribution in [1.29, 1.82) is 0 Å². The molecule has 2 aromatic carbocycles. The first-order chi connectivity index (χ1) is 20.2. The van der Waals surface area contributed by atoms with E-state index in [2.05, 4.69) is 16.0 Å². The van der Waals surface area contributed by atoms with Crippen molar-refractivity contribution in [2.24, 2.45) is 0 Å². The molecule has 4 amide bonds. The third-order valence-corrected chi connectivity index (χ3v) is 8.17. The van der Waals surface area contributed by atoms with Crippen molar-refractivity contribution in [3.05, 3.63) is 65.7 Å². The van der Waals surface area contributed by atoms with Gasteiger partial charge in [-0.1, -0.05) is 42.5 Å². The molecule has 3 N–H and O–H groups in total. The van der Waals surface area contributed by atoms with Crippen LogP contribution in [-0.2, 0) is 32.1 Å². The molecule has 224 valence electrons. The van der Waals surface area contributed by atoms with Crippen LogP contribution in [0.5, 0.6) is 5.75 Å². The molecular weight excluding hydrogens is 541 g/mol. The van der Waals surface area contributed by atoms with Gasteiger partial charge >= 0.3 is 0 Å². The van der Waals surface area contributed by atoms with Gasteiger partial charge in [0, 0.05) is 38.0 Å². The Labute approximate surface area is 244 Å². The molecule has 5 atom stereocenters. The number of rotatable bonds is 8. The third kappa shape index (κ3) is 6.89. The summed E-state index contributed by atoms with van der Waals surface area (Å²) in [5, 5.41) is 8.71. The molecule has 2 bridgehead atoms. The zero-order valence-electron chi connectivity index (χ0n) is 23.9. The average molecular weight is 580 g/mol. The molecular formula is C31H38FN5O5. The van der Waals surface area contributed by atoms with Crippen molar-refractivity contribution < 1.29 is 28.3 Å². The SMILES string of the molecule is CC(C)N1C[C@H]2C[C@H]1C(=O)N[C@@H](Cc1ccc(OCC(=O)NCc3ccccc3)cc1)C(=O)N1C[C@@H](F)C[C@H]1C(=O)N2. The average Bonchev–Trinajstić information content (AvgIpc) is 3.59. The highest BCUT2D eigenvalue weighted by molar-refractivity contribution is 5.94. The molecule has 0 aromatic heterocycles. The highest BCUT2D eigenvalue weighted by atomic mass is 19.1. The van der Waals surface area contributed by atoms with Crippen molar-refractivity contribution in [1.82, 2.24) is 25.8 Å². The summed E-state index contributed by atoms with van der Waals surface area (Å²) in [5.41, 5.74) is 1.73. The summed E-state index contributed by atoms with van der Waals surface area (Å²) in [5.74, 6) is -0.913. The minimum Gasteiger partial charge on any atom is -0.484 e. The number of nitrogens with zero attached hydrogens (tertiary/aromatic N) is 2. The van der Waals surface area contributed by atoms with E-state index in [0.29, 0.717) is 25.3 Å². The summed E-state index contributed by atoms with van der Waals surface area (Å²) >= 11 is 0. The quantitative estimate of drug-likeness (QED) is 0.434. The molecule has 0 saturated carbocycles. The Morgan fingerprint density at radius 2 is 1.67 bits per heavy atom. The largest absolute Gasteiger partial charge is 0.484 e. The Morgan fingerprint density at radius 1 is 0.952 bits per heavy atom. The minimum atomic E-state index is -1.31. The summed E-state index contributed by atoms with van der Waals surface area (Å²) in [4.78, 5) is 55.8. The topological polar surface area (TPSA) is 120 Å². The van der Waals surface area contributed by atoms with E-state index < -0.39 is 30.2 Å². The fraction of sp³-hybridized carbons (Fsp3) is 0.484. The molecule has 3 aliphatic heterocycles. The molecule has 42 heavy (non-hydrogen) atoms. The Hall–Kier alpha value is -3.99. The highest BCUT2D eigenvalue weighted by Crippen LogP contribution is 2.27. The zero-order chi connectivity index (χ0) is 29.8. The first-order valence-corrected chi connectivity index (χ1v) is 14.5. The summed E-state index contributed by atoms with van der Waals surface area (Å²) in [7, 11) is 0. The van der Waals surface area contributed by atoms with Crippen LogP contribution in [0.25, 0.3) is 0 Å². The van der Waals surface area contributed by atoms with Crippen LogP contribution in [-0.4, -0.2) is 89.5 Å². The van der Waals surface area contributed by atoms with Crippen molar-refractivity contribution >= 4 is 23.6 Å². The molecule has 2 aromatic rings. The maximum atomic E-state index is 14.5.